The summed E-state index contributed by atoms with van der Waals surface area (Å²) in [5.74, 6) is 1.40. The van der Waals surface area contributed by atoms with Crippen LogP contribution in [0.25, 0.3) is 17.2 Å². The van der Waals surface area contributed by atoms with Crippen molar-refractivity contribution >= 4 is 17.2 Å². The molecule has 3 aromatic heterocycles. The van der Waals surface area contributed by atoms with Gasteiger partial charge in [0.1, 0.15) is 16.7 Å². The molecule has 17 heavy (non-hydrogen) atoms. The third-order valence-corrected chi connectivity index (χ3v) is 2.66. The average molecular weight is 249 g/mol. The third-order valence-electron chi connectivity index (χ3n) is 2.47. The second kappa shape index (κ2) is 3.53. The van der Waals surface area contributed by atoms with Gasteiger partial charge < -0.3 is 0 Å². The van der Waals surface area contributed by atoms with Crippen molar-refractivity contribution in [2.75, 3.05) is 0 Å². The molecular weight excluding hydrogens is 240 g/mol. The molecule has 0 aromatic carbocycles. The number of hydrogen-bond acceptors (Lipinski definition) is 4. The topological polar surface area (TPSA) is 60.9 Å². The monoisotopic (exact) mass is 248 g/mol. The molecule has 0 aliphatic heterocycles. The highest BCUT2D eigenvalue weighted by molar-refractivity contribution is 6.29. The zero-order valence-electron chi connectivity index (χ0n) is 9.29. The molecule has 0 fully saturated rings. The summed E-state index contributed by atoms with van der Waals surface area (Å²) in [5.41, 5.74) is 1.43. The van der Waals surface area contributed by atoms with Crippen LogP contribution in [-0.4, -0.2) is 29.4 Å². The number of aryl methyl sites for hydroxylation is 2. The molecule has 0 N–H and O–H groups in total. The minimum Gasteiger partial charge on any atom is -0.275 e. The summed E-state index contributed by atoms with van der Waals surface area (Å²) in [6, 6.07) is 3.55. The van der Waals surface area contributed by atoms with Gasteiger partial charge in [0.05, 0.1) is 0 Å². The zero-order valence-corrected chi connectivity index (χ0v) is 10.0. The SMILES string of the molecule is Cc1nc(Cl)cc2nnc(-c3ccn(C)n3)n12. The standard InChI is InChI=1S/C10H9ClN6/c1-6-12-8(11)5-9-13-14-10(17(6)9)7-3-4-16(2)15-7/h3-5H,1-2H3. The van der Waals surface area contributed by atoms with E-state index in [-0.39, 0.29) is 0 Å². The summed E-state index contributed by atoms with van der Waals surface area (Å²) < 4.78 is 3.54. The normalized spacial score (nSPS) is 11.2. The van der Waals surface area contributed by atoms with Crippen molar-refractivity contribution in [3.05, 3.63) is 29.3 Å². The van der Waals surface area contributed by atoms with Crippen LogP contribution in [0.3, 0.4) is 0 Å². The first-order valence-corrected chi connectivity index (χ1v) is 5.41. The molecule has 0 radical (unpaired) electrons. The fourth-order valence-electron chi connectivity index (χ4n) is 1.75. The van der Waals surface area contributed by atoms with Crippen LogP contribution in [0, 0.1) is 6.92 Å². The van der Waals surface area contributed by atoms with Crippen molar-refractivity contribution in [1.29, 1.82) is 0 Å². The number of halogens is 1. The molecule has 3 heterocycles. The summed E-state index contributed by atoms with van der Waals surface area (Å²) in [7, 11) is 1.86. The van der Waals surface area contributed by atoms with Gasteiger partial charge in [-0.15, -0.1) is 10.2 Å². The van der Waals surface area contributed by atoms with Crippen molar-refractivity contribution in [1.82, 2.24) is 29.4 Å². The van der Waals surface area contributed by atoms with E-state index >= 15 is 0 Å². The van der Waals surface area contributed by atoms with Crippen LogP contribution in [0.2, 0.25) is 5.15 Å². The maximum Gasteiger partial charge on any atom is 0.190 e. The lowest BCUT2D eigenvalue weighted by Gasteiger charge is -2.01. The van der Waals surface area contributed by atoms with Gasteiger partial charge in [0, 0.05) is 19.3 Å². The lowest BCUT2D eigenvalue weighted by molar-refractivity contribution is 0.767. The summed E-state index contributed by atoms with van der Waals surface area (Å²) in [5, 5.41) is 12.9. The van der Waals surface area contributed by atoms with Crippen LogP contribution >= 0.6 is 11.6 Å². The molecule has 86 valence electrons. The van der Waals surface area contributed by atoms with Crippen LogP contribution in [0.1, 0.15) is 5.82 Å². The van der Waals surface area contributed by atoms with Crippen molar-refractivity contribution < 1.29 is 0 Å². The van der Waals surface area contributed by atoms with E-state index in [0.29, 0.717) is 16.6 Å². The smallest absolute Gasteiger partial charge is 0.190 e. The van der Waals surface area contributed by atoms with Gasteiger partial charge in [-0.1, -0.05) is 11.6 Å². The Morgan fingerprint density at radius 2 is 2.12 bits per heavy atom. The molecule has 0 saturated carbocycles. The number of nitrogens with zero attached hydrogens (tertiary/aromatic N) is 6. The van der Waals surface area contributed by atoms with E-state index in [2.05, 4.69) is 20.3 Å². The predicted octanol–water partition coefficient (Wildman–Crippen LogP) is 1.49. The summed E-state index contributed by atoms with van der Waals surface area (Å²) in [4.78, 5) is 4.18. The molecule has 7 heteroatoms. The van der Waals surface area contributed by atoms with Gasteiger partial charge in [-0.25, -0.2) is 4.98 Å². The summed E-state index contributed by atoms with van der Waals surface area (Å²) in [6.45, 7) is 1.86. The highest BCUT2D eigenvalue weighted by Crippen LogP contribution is 2.19. The van der Waals surface area contributed by atoms with Crippen molar-refractivity contribution in [3.8, 4) is 11.5 Å². The van der Waals surface area contributed by atoms with Gasteiger partial charge in [-0.05, 0) is 13.0 Å². The Labute approximate surface area is 102 Å². The average Bonchev–Trinajstić information content (AvgIpc) is 2.83. The molecule has 0 atom stereocenters. The second-order valence-electron chi connectivity index (χ2n) is 3.72. The minimum absolute atomic E-state index is 0.412. The first kappa shape index (κ1) is 10.2. The van der Waals surface area contributed by atoms with E-state index in [9.17, 15) is 0 Å². The number of rotatable bonds is 1. The Morgan fingerprint density at radius 1 is 1.29 bits per heavy atom. The van der Waals surface area contributed by atoms with Gasteiger partial charge in [0.2, 0.25) is 0 Å². The molecule has 3 rings (SSSR count). The second-order valence-corrected chi connectivity index (χ2v) is 4.11. The number of hydrogen-bond donors (Lipinski definition) is 0. The largest absolute Gasteiger partial charge is 0.275 e. The van der Waals surface area contributed by atoms with Crippen LogP contribution in [0.15, 0.2) is 18.3 Å². The predicted molar refractivity (Wildman–Crippen MR) is 62.7 cm³/mol. The Bertz CT molecular complexity index is 698. The first-order valence-electron chi connectivity index (χ1n) is 5.03. The van der Waals surface area contributed by atoms with Crippen LogP contribution < -0.4 is 0 Å². The molecule has 0 spiro atoms. The Kier molecular flexibility index (Phi) is 2.12. The van der Waals surface area contributed by atoms with Gasteiger partial charge in [-0.2, -0.15) is 5.10 Å². The fourth-order valence-corrected chi connectivity index (χ4v) is 1.97. The lowest BCUT2D eigenvalue weighted by atomic mass is 10.4. The molecule has 0 amide bonds. The van der Waals surface area contributed by atoms with Gasteiger partial charge >= 0.3 is 0 Å². The first-order chi connectivity index (χ1) is 8.15. The molecule has 6 nitrogen and oxygen atoms in total. The highest BCUT2D eigenvalue weighted by atomic mass is 35.5. The van der Waals surface area contributed by atoms with Gasteiger partial charge in [0.15, 0.2) is 11.5 Å². The van der Waals surface area contributed by atoms with E-state index in [4.69, 9.17) is 11.6 Å². The van der Waals surface area contributed by atoms with Crippen molar-refractivity contribution in [3.63, 3.8) is 0 Å². The maximum atomic E-state index is 5.87. The van der Waals surface area contributed by atoms with Crippen LogP contribution in [-0.2, 0) is 7.05 Å². The van der Waals surface area contributed by atoms with E-state index in [1.807, 2.05) is 30.6 Å². The Balaban J connectivity index is 2.31. The van der Waals surface area contributed by atoms with Crippen molar-refractivity contribution in [2.45, 2.75) is 6.92 Å². The van der Waals surface area contributed by atoms with E-state index in [0.717, 1.165) is 11.5 Å². The molecule has 0 unspecified atom stereocenters. The van der Waals surface area contributed by atoms with E-state index < -0.39 is 0 Å². The number of fused-ring (bicyclic) bond motifs is 1. The quantitative estimate of drug-likeness (QED) is 0.612. The number of aromatic nitrogens is 6. The zero-order chi connectivity index (χ0) is 12.0. The maximum absolute atomic E-state index is 5.87. The molecular formula is C10H9ClN6. The molecule has 0 bridgehead atoms. The summed E-state index contributed by atoms with van der Waals surface area (Å²) >= 11 is 5.87. The van der Waals surface area contributed by atoms with Crippen LogP contribution in [0.5, 0.6) is 0 Å². The third kappa shape index (κ3) is 1.57. The minimum atomic E-state index is 0.412. The highest BCUT2D eigenvalue weighted by Gasteiger charge is 2.13. The Morgan fingerprint density at radius 3 is 2.82 bits per heavy atom. The van der Waals surface area contributed by atoms with E-state index in [1.165, 1.54) is 0 Å². The van der Waals surface area contributed by atoms with Crippen LogP contribution in [0.4, 0.5) is 0 Å². The Hall–Kier alpha value is -1.95. The van der Waals surface area contributed by atoms with E-state index in [1.54, 1.807) is 10.7 Å². The lowest BCUT2D eigenvalue weighted by Crippen LogP contribution is -1.98. The van der Waals surface area contributed by atoms with Gasteiger partial charge in [0.25, 0.3) is 0 Å². The molecule has 0 saturated heterocycles. The molecule has 3 aromatic rings. The molecule has 0 aliphatic carbocycles. The fraction of sp³-hybridized carbons (Fsp3) is 0.200. The van der Waals surface area contributed by atoms with Crippen molar-refractivity contribution in [2.24, 2.45) is 7.05 Å². The molecule has 0 aliphatic rings. The summed E-state index contributed by atoms with van der Waals surface area (Å²) in [6.07, 6.45) is 1.86. The van der Waals surface area contributed by atoms with Gasteiger partial charge in [-0.3, -0.25) is 9.08 Å².